The summed E-state index contributed by atoms with van der Waals surface area (Å²) in [6, 6.07) is 16.3. The van der Waals surface area contributed by atoms with E-state index in [9.17, 15) is 4.79 Å². The van der Waals surface area contributed by atoms with Gasteiger partial charge >= 0.3 is 0 Å². The first-order valence-electron chi connectivity index (χ1n) is 6.74. The first-order chi connectivity index (χ1) is 10.6. The van der Waals surface area contributed by atoms with Crippen LogP contribution in [0.3, 0.4) is 0 Å². The lowest BCUT2D eigenvalue weighted by molar-refractivity contribution is 0.102. The van der Waals surface area contributed by atoms with Crippen LogP contribution in [0.5, 0.6) is 0 Å². The molecule has 110 valence electrons. The fraction of sp³-hybridized carbons (Fsp3) is 0.0588. The molecule has 0 atom stereocenters. The Morgan fingerprint density at radius 1 is 1.09 bits per heavy atom. The number of anilines is 1. The van der Waals surface area contributed by atoms with Crippen LogP contribution in [0.1, 0.15) is 16.1 Å². The van der Waals surface area contributed by atoms with Gasteiger partial charge in [-0.05, 0) is 36.8 Å². The van der Waals surface area contributed by atoms with Crippen LogP contribution in [0, 0.1) is 6.92 Å². The minimum atomic E-state index is -0.273. The summed E-state index contributed by atoms with van der Waals surface area (Å²) in [6.45, 7) is 1.84. The van der Waals surface area contributed by atoms with E-state index in [1.54, 1.807) is 24.3 Å². The number of carbonyl (C=O) groups is 1. The monoisotopic (exact) mass is 312 g/mol. The van der Waals surface area contributed by atoms with E-state index in [1.807, 2.05) is 37.3 Å². The number of aromatic nitrogens is 1. The van der Waals surface area contributed by atoms with Crippen molar-refractivity contribution in [2.75, 3.05) is 5.32 Å². The quantitative estimate of drug-likeness (QED) is 0.771. The van der Waals surface area contributed by atoms with Gasteiger partial charge in [0.1, 0.15) is 0 Å². The van der Waals surface area contributed by atoms with Gasteiger partial charge in [0.2, 0.25) is 5.88 Å². The van der Waals surface area contributed by atoms with Crippen LogP contribution in [-0.2, 0) is 0 Å². The largest absolute Gasteiger partial charge is 0.337 e. The number of halogens is 1. The smallest absolute Gasteiger partial charge is 0.258 e. The minimum absolute atomic E-state index is 0.273. The first kappa shape index (κ1) is 14.4. The number of nitrogens with one attached hydrogen (secondary N) is 1. The number of nitrogens with zero attached hydrogens (tertiary/aromatic N) is 1. The number of hydrogen-bond acceptors (Lipinski definition) is 3. The molecule has 0 saturated heterocycles. The highest BCUT2D eigenvalue weighted by atomic mass is 35.5. The van der Waals surface area contributed by atoms with E-state index in [0.29, 0.717) is 16.5 Å². The standard InChI is InChI=1S/C17H13ClN2O2/c1-11-15(12-5-3-2-4-6-12)17(22-20-11)19-16(21)13-7-9-14(18)10-8-13/h2-10H,1H3,(H,19,21). The van der Waals surface area contributed by atoms with E-state index < -0.39 is 0 Å². The van der Waals surface area contributed by atoms with Crippen molar-refractivity contribution >= 4 is 23.4 Å². The lowest BCUT2D eigenvalue weighted by Crippen LogP contribution is -2.11. The highest BCUT2D eigenvalue weighted by Crippen LogP contribution is 2.31. The molecule has 0 aliphatic heterocycles. The van der Waals surface area contributed by atoms with Crippen LogP contribution in [0.2, 0.25) is 5.02 Å². The van der Waals surface area contributed by atoms with Crippen LogP contribution in [0.25, 0.3) is 11.1 Å². The van der Waals surface area contributed by atoms with Gasteiger partial charge in [0.15, 0.2) is 0 Å². The molecule has 0 aliphatic rings. The number of benzene rings is 2. The average molecular weight is 313 g/mol. The van der Waals surface area contributed by atoms with Crippen molar-refractivity contribution < 1.29 is 9.32 Å². The van der Waals surface area contributed by atoms with Gasteiger partial charge in [0.05, 0.1) is 11.3 Å². The van der Waals surface area contributed by atoms with Crippen molar-refractivity contribution in [2.24, 2.45) is 0 Å². The van der Waals surface area contributed by atoms with Crippen molar-refractivity contribution in [1.29, 1.82) is 0 Å². The zero-order valence-electron chi connectivity index (χ0n) is 11.8. The fourth-order valence-electron chi connectivity index (χ4n) is 2.18. The van der Waals surface area contributed by atoms with E-state index in [4.69, 9.17) is 16.1 Å². The summed E-state index contributed by atoms with van der Waals surface area (Å²) in [4.78, 5) is 12.3. The summed E-state index contributed by atoms with van der Waals surface area (Å²) in [6.07, 6.45) is 0. The van der Waals surface area contributed by atoms with Crippen molar-refractivity contribution in [3.05, 3.63) is 70.9 Å². The van der Waals surface area contributed by atoms with Crippen molar-refractivity contribution in [1.82, 2.24) is 5.16 Å². The molecule has 1 amide bonds. The highest BCUT2D eigenvalue weighted by Gasteiger charge is 2.17. The second-order valence-corrected chi connectivity index (χ2v) is 5.24. The number of hydrogen-bond donors (Lipinski definition) is 1. The molecule has 22 heavy (non-hydrogen) atoms. The summed E-state index contributed by atoms with van der Waals surface area (Å²) < 4.78 is 5.26. The van der Waals surface area contributed by atoms with Crippen molar-refractivity contribution in [3.63, 3.8) is 0 Å². The topological polar surface area (TPSA) is 55.1 Å². The molecule has 0 aliphatic carbocycles. The Bertz CT molecular complexity index is 795. The zero-order chi connectivity index (χ0) is 15.5. The Morgan fingerprint density at radius 3 is 2.45 bits per heavy atom. The molecule has 3 rings (SSSR count). The molecule has 4 nitrogen and oxygen atoms in total. The molecular formula is C17H13ClN2O2. The first-order valence-corrected chi connectivity index (χ1v) is 7.11. The van der Waals surface area contributed by atoms with Gasteiger partial charge in [-0.3, -0.25) is 10.1 Å². The number of amides is 1. The molecule has 1 heterocycles. The average Bonchev–Trinajstić information content (AvgIpc) is 2.89. The SMILES string of the molecule is Cc1noc(NC(=O)c2ccc(Cl)cc2)c1-c1ccccc1. The third-order valence-corrected chi connectivity index (χ3v) is 3.51. The summed E-state index contributed by atoms with van der Waals surface area (Å²) in [5, 5.41) is 7.28. The lowest BCUT2D eigenvalue weighted by atomic mass is 10.1. The summed E-state index contributed by atoms with van der Waals surface area (Å²) in [5.74, 6) is 0.0636. The van der Waals surface area contributed by atoms with Crippen molar-refractivity contribution in [2.45, 2.75) is 6.92 Å². The molecule has 5 heteroatoms. The van der Waals surface area contributed by atoms with E-state index in [0.717, 1.165) is 16.8 Å². The van der Waals surface area contributed by atoms with Gasteiger partial charge in [-0.2, -0.15) is 0 Å². The molecule has 0 spiro atoms. The predicted octanol–water partition coefficient (Wildman–Crippen LogP) is 4.56. The van der Waals surface area contributed by atoms with Gasteiger partial charge in [0, 0.05) is 10.6 Å². The van der Waals surface area contributed by atoms with Crippen LogP contribution in [0.4, 0.5) is 5.88 Å². The van der Waals surface area contributed by atoms with Gasteiger partial charge in [-0.15, -0.1) is 0 Å². The zero-order valence-corrected chi connectivity index (χ0v) is 12.6. The summed E-state index contributed by atoms with van der Waals surface area (Å²) >= 11 is 5.82. The van der Waals surface area contributed by atoms with Gasteiger partial charge in [-0.1, -0.05) is 47.1 Å². The lowest BCUT2D eigenvalue weighted by Gasteiger charge is -2.05. The normalized spacial score (nSPS) is 10.5. The molecule has 0 radical (unpaired) electrons. The van der Waals surface area contributed by atoms with E-state index >= 15 is 0 Å². The molecule has 0 bridgehead atoms. The molecule has 2 aromatic carbocycles. The molecule has 3 aromatic rings. The number of carbonyl (C=O) groups excluding carboxylic acids is 1. The third-order valence-electron chi connectivity index (χ3n) is 3.26. The maximum absolute atomic E-state index is 12.3. The van der Waals surface area contributed by atoms with Gasteiger partial charge < -0.3 is 4.52 Å². The Balaban J connectivity index is 1.90. The van der Waals surface area contributed by atoms with Crippen LogP contribution >= 0.6 is 11.6 Å². The maximum Gasteiger partial charge on any atom is 0.258 e. The number of aryl methyl sites for hydroxylation is 1. The maximum atomic E-state index is 12.3. The van der Waals surface area contributed by atoms with Gasteiger partial charge in [0.25, 0.3) is 5.91 Å². The second-order valence-electron chi connectivity index (χ2n) is 4.80. The van der Waals surface area contributed by atoms with Crippen molar-refractivity contribution in [3.8, 4) is 11.1 Å². The minimum Gasteiger partial charge on any atom is -0.337 e. The molecule has 0 fully saturated rings. The summed E-state index contributed by atoms with van der Waals surface area (Å²) in [7, 11) is 0. The second kappa shape index (κ2) is 6.03. The molecule has 1 aromatic heterocycles. The fourth-order valence-corrected chi connectivity index (χ4v) is 2.30. The molecule has 0 unspecified atom stereocenters. The van der Waals surface area contributed by atoms with E-state index in [-0.39, 0.29) is 5.91 Å². The number of rotatable bonds is 3. The molecular weight excluding hydrogens is 300 g/mol. The van der Waals surface area contributed by atoms with Crippen LogP contribution < -0.4 is 5.32 Å². The molecule has 0 saturated carbocycles. The highest BCUT2D eigenvalue weighted by molar-refractivity contribution is 6.30. The third kappa shape index (κ3) is 2.87. The predicted molar refractivity (Wildman–Crippen MR) is 86.1 cm³/mol. The van der Waals surface area contributed by atoms with Crippen LogP contribution in [-0.4, -0.2) is 11.1 Å². The van der Waals surface area contributed by atoms with Crippen LogP contribution in [0.15, 0.2) is 59.1 Å². The Kier molecular flexibility index (Phi) is 3.94. The Morgan fingerprint density at radius 2 is 1.77 bits per heavy atom. The van der Waals surface area contributed by atoms with E-state index in [2.05, 4.69) is 10.5 Å². The Hall–Kier alpha value is -2.59. The molecule has 1 N–H and O–H groups in total. The van der Waals surface area contributed by atoms with Gasteiger partial charge in [-0.25, -0.2) is 0 Å². The van der Waals surface area contributed by atoms with E-state index in [1.165, 1.54) is 0 Å². The Labute approximate surface area is 132 Å². The summed E-state index contributed by atoms with van der Waals surface area (Å²) in [5.41, 5.74) is 2.94.